The number of anilines is 1. The summed E-state index contributed by atoms with van der Waals surface area (Å²) in [6, 6.07) is 4.80. The van der Waals surface area contributed by atoms with E-state index in [1.54, 1.807) is 24.0 Å². The van der Waals surface area contributed by atoms with Crippen LogP contribution in [0.1, 0.15) is 25.8 Å². The minimum atomic E-state index is -0.955. The van der Waals surface area contributed by atoms with Gasteiger partial charge >= 0.3 is 5.97 Å². The first kappa shape index (κ1) is 14.9. The fraction of sp³-hybridized carbons (Fsp3) is 0.462. The number of aliphatic carboxylic acids is 1. The molecule has 6 nitrogen and oxygen atoms in total. The molecule has 19 heavy (non-hydrogen) atoms. The number of aryl methyl sites for hydroxylation is 1. The van der Waals surface area contributed by atoms with Crippen molar-refractivity contribution in [1.82, 2.24) is 0 Å². The van der Waals surface area contributed by atoms with Crippen molar-refractivity contribution in [3.05, 3.63) is 33.9 Å². The fourth-order valence-corrected chi connectivity index (χ4v) is 1.84. The van der Waals surface area contributed by atoms with Gasteiger partial charge in [0.2, 0.25) is 0 Å². The van der Waals surface area contributed by atoms with Gasteiger partial charge in [-0.3, -0.25) is 14.9 Å². The molecule has 1 aromatic rings. The molecule has 0 bridgehead atoms. The summed E-state index contributed by atoms with van der Waals surface area (Å²) in [6.45, 7) is 5.33. The van der Waals surface area contributed by atoms with Gasteiger partial charge in [0.1, 0.15) is 6.54 Å². The van der Waals surface area contributed by atoms with Crippen molar-refractivity contribution in [2.75, 3.05) is 11.4 Å². The Morgan fingerprint density at radius 3 is 2.63 bits per heavy atom. The zero-order valence-electron chi connectivity index (χ0n) is 11.3. The van der Waals surface area contributed by atoms with Gasteiger partial charge in [-0.25, -0.2) is 0 Å². The second-order valence-electron chi connectivity index (χ2n) is 4.51. The molecule has 0 aliphatic carbocycles. The van der Waals surface area contributed by atoms with E-state index in [9.17, 15) is 14.9 Å². The molecule has 0 amide bonds. The standard InChI is InChI=1S/C13H18N2O4/c1-4-10(3)14(8-13(16)17)11-6-5-9(2)12(7-11)15(18)19/h5-7,10H,4,8H2,1-3H3,(H,16,17). The van der Waals surface area contributed by atoms with E-state index in [1.807, 2.05) is 13.8 Å². The normalized spacial score (nSPS) is 11.9. The van der Waals surface area contributed by atoms with Gasteiger partial charge in [-0.05, 0) is 26.3 Å². The van der Waals surface area contributed by atoms with Gasteiger partial charge in [-0.1, -0.05) is 13.0 Å². The van der Waals surface area contributed by atoms with E-state index in [0.29, 0.717) is 11.3 Å². The Kier molecular flexibility index (Phi) is 4.86. The van der Waals surface area contributed by atoms with Crippen LogP contribution < -0.4 is 4.90 Å². The molecule has 6 heteroatoms. The molecule has 0 aliphatic rings. The molecule has 0 aromatic heterocycles. The zero-order chi connectivity index (χ0) is 14.6. The highest BCUT2D eigenvalue weighted by Crippen LogP contribution is 2.26. The number of benzene rings is 1. The summed E-state index contributed by atoms with van der Waals surface area (Å²) in [5, 5.41) is 19.9. The van der Waals surface area contributed by atoms with Crippen molar-refractivity contribution >= 4 is 17.3 Å². The van der Waals surface area contributed by atoms with Gasteiger partial charge in [0.25, 0.3) is 5.69 Å². The number of nitro groups is 1. The molecule has 0 fully saturated rings. The molecule has 0 heterocycles. The van der Waals surface area contributed by atoms with Crippen LogP contribution >= 0.6 is 0 Å². The fourth-order valence-electron chi connectivity index (χ4n) is 1.84. The van der Waals surface area contributed by atoms with Gasteiger partial charge in [0.05, 0.1) is 4.92 Å². The molecule has 1 N–H and O–H groups in total. The topological polar surface area (TPSA) is 83.7 Å². The maximum atomic E-state index is 10.9. The van der Waals surface area contributed by atoms with E-state index in [1.165, 1.54) is 6.07 Å². The molecule has 0 saturated carbocycles. The first-order valence-corrected chi connectivity index (χ1v) is 6.10. The zero-order valence-corrected chi connectivity index (χ0v) is 11.3. The van der Waals surface area contributed by atoms with E-state index >= 15 is 0 Å². The Bertz CT molecular complexity index is 488. The smallest absolute Gasteiger partial charge is 0.323 e. The van der Waals surface area contributed by atoms with E-state index in [4.69, 9.17) is 5.11 Å². The van der Waals surface area contributed by atoms with E-state index in [0.717, 1.165) is 6.42 Å². The molecule has 0 aliphatic heterocycles. The monoisotopic (exact) mass is 266 g/mol. The van der Waals surface area contributed by atoms with E-state index < -0.39 is 10.9 Å². The highest BCUT2D eigenvalue weighted by atomic mass is 16.6. The molecular formula is C13H18N2O4. The number of nitrogens with zero attached hydrogens (tertiary/aromatic N) is 2. The number of carboxylic acids is 1. The van der Waals surface area contributed by atoms with Crippen LogP contribution in [0.3, 0.4) is 0 Å². The molecule has 1 atom stereocenters. The Labute approximate surface area is 111 Å². The lowest BCUT2D eigenvalue weighted by molar-refractivity contribution is -0.385. The van der Waals surface area contributed by atoms with Crippen LogP contribution in [0.4, 0.5) is 11.4 Å². The van der Waals surface area contributed by atoms with Crippen LogP contribution in [-0.4, -0.2) is 28.6 Å². The third-order valence-corrected chi connectivity index (χ3v) is 3.15. The summed E-state index contributed by atoms with van der Waals surface area (Å²) in [5.74, 6) is -0.955. The van der Waals surface area contributed by atoms with Crippen molar-refractivity contribution in [3.63, 3.8) is 0 Å². The van der Waals surface area contributed by atoms with Gasteiger partial charge in [0, 0.05) is 23.4 Å². The van der Waals surface area contributed by atoms with Crippen molar-refractivity contribution in [2.24, 2.45) is 0 Å². The first-order valence-electron chi connectivity index (χ1n) is 6.10. The predicted octanol–water partition coefficient (Wildman–Crippen LogP) is 2.59. The molecule has 0 spiro atoms. The lowest BCUT2D eigenvalue weighted by Gasteiger charge is -2.29. The lowest BCUT2D eigenvalue weighted by atomic mass is 10.1. The summed E-state index contributed by atoms with van der Waals surface area (Å²) in [7, 11) is 0. The van der Waals surface area contributed by atoms with Crippen molar-refractivity contribution in [2.45, 2.75) is 33.2 Å². The molecule has 1 unspecified atom stereocenters. The summed E-state index contributed by atoms with van der Waals surface area (Å²) < 4.78 is 0. The maximum Gasteiger partial charge on any atom is 0.323 e. The number of rotatable bonds is 6. The van der Waals surface area contributed by atoms with Crippen molar-refractivity contribution in [1.29, 1.82) is 0 Å². The minimum absolute atomic E-state index is 0.00147. The lowest BCUT2D eigenvalue weighted by Crippen LogP contribution is -2.37. The molecule has 1 rings (SSSR count). The Morgan fingerprint density at radius 2 is 2.16 bits per heavy atom. The van der Waals surface area contributed by atoms with Crippen LogP contribution in [0.15, 0.2) is 18.2 Å². The molecule has 1 aromatic carbocycles. The molecule has 0 radical (unpaired) electrons. The van der Waals surface area contributed by atoms with Gasteiger partial charge in [0.15, 0.2) is 0 Å². The SMILES string of the molecule is CCC(C)N(CC(=O)O)c1ccc(C)c([N+](=O)[O-])c1. The second kappa shape index (κ2) is 6.17. The average Bonchev–Trinajstić information content (AvgIpc) is 2.35. The molecule has 0 saturated heterocycles. The molecule has 104 valence electrons. The quantitative estimate of drug-likeness (QED) is 0.632. The summed E-state index contributed by atoms with van der Waals surface area (Å²) in [5.41, 5.74) is 1.14. The summed E-state index contributed by atoms with van der Waals surface area (Å²) >= 11 is 0. The van der Waals surface area contributed by atoms with Crippen LogP contribution in [0.5, 0.6) is 0 Å². The van der Waals surface area contributed by atoms with Crippen LogP contribution in [0, 0.1) is 17.0 Å². The largest absolute Gasteiger partial charge is 0.480 e. The minimum Gasteiger partial charge on any atom is -0.480 e. The number of nitro benzene ring substituents is 1. The summed E-state index contributed by atoms with van der Waals surface area (Å²) in [4.78, 5) is 23.1. The second-order valence-corrected chi connectivity index (χ2v) is 4.51. The first-order chi connectivity index (χ1) is 8.86. The summed E-state index contributed by atoms with van der Waals surface area (Å²) in [6.07, 6.45) is 0.759. The number of carboxylic acid groups (broad SMARTS) is 1. The highest BCUT2D eigenvalue weighted by molar-refractivity contribution is 5.74. The number of hydrogen-bond donors (Lipinski definition) is 1. The van der Waals surface area contributed by atoms with Crippen molar-refractivity contribution < 1.29 is 14.8 Å². The maximum absolute atomic E-state index is 10.9. The van der Waals surface area contributed by atoms with Gasteiger partial charge in [-0.15, -0.1) is 0 Å². The van der Waals surface area contributed by atoms with Crippen LogP contribution in [0.25, 0.3) is 0 Å². The van der Waals surface area contributed by atoms with E-state index in [-0.39, 0.29) is 18.3 Å². The average molecular weight is 266 g/mol. The van der Waals surface area contributed by atoms with Crippen LogP contribution in [-0.2, 0) is 4.79 Å². The van der Waals surface area contributed by atoms with E-state index in [2.05, 4.69) is 0 Å². The van der Waals surface area contributed by atoms with Gasteiger partial charge in [-0.2, -0.15) is 0 Å². The Morgan fingerprint density at radius 1 is 1.53 bits per heavy atom. The Balaban J connectivity index is 3.18. The third kappa shape index (κ3) is 3.67. The van der Waals surface area contributed by atoms with Crippen molar-refractivity contribution in [3.8, 4) is 0 Å². The third-order valence-electron chi connectivity index (χ3n) is 3.15. The number of carbonyl (C=O) groups is 1. The molecular weight excluding hydrogens is 248 g/mol. The number of hydrogen-bond acceptors (Lipinski definition) is 4. The van der Waals surface area contributed by atoms with Crippen LogP contribution in [0.2, 0.25) is 0 Å². The highest BCUT2D eigenvalue weighted by Gasteiger charge is 2.19. The van der Waals surface area contributed by atoms with Gasteiger partial charge < -0.3 is 10.0 Å². The predicted molar refractivity (Wildman–Crippen MR) is 72.6 cm³/mol. The Hall–Kier alpha value is -2.11.